The predicted octanol–water partition coefficient (Wildman–Crippen LogP) is 6.03. The lowest BCUT2D eigenvalue weighted by Crippen LogP contribution is -2.12. The third-order valence-electron chi connectivity index (χ3n) is 5.40. The summed E-state index contributed by atoms with van der Waals surface area (Å²) in [6, 6.07) is 24.3. The minimum atomic E-state index is -0.348. The maximum Gasteiger partial charge on any atom is 0.291 e. The number of anilines is 2. The Balaban J connectivity index is 1.28. The van der Waals surface area contributed by atoms with Crippen LogP contribution in [0.3, 0.4) is 0 Å². The van der Waals surface area contributed by atoms with Crippen molar-refractivity contribution in [2.24, 2.45) is 0 Å². The van der Waals surface area contributed by atoms with Gasteiger partial charge in [-0.05, 0) is 66.2 Å². The lowest BCUT2D eigenvalue weighted by atomic mass is 10.1. The number of hydrogen-bond acceptors (Lipinski definition) is 7. The lowest BCUT2D eigenvalue weighted by molar-refractivity contribution is 0.0998. The van der Waals surface area contributed by atoms with Crippen LogP contribution in [0.2, 0.25) is 0 Å². The van der Waals surface area contributed by atoms with Crippen LogP contribution >= 0.6 is 11.8 Å². The van der Waals surface area contributed by atoms with Crippen LogP contribution in [0.4, 0.5) is 11.4 Å². The monoisotopic (exact) mass is 482 g/mol. The summed E-state index contributed by atoms with van der Waals surface area (Å²) in [5, 5.41) is 4.32. The van der Waals surface area contributed by atoms with E-state index in [9.17, 15) is 4.79 Å². The number of fused-ring (bicyclic) bond motifs is 1. The average Bonchev–Trinajstić information content (AvgIpc) is 3.33. The highest BCUT2D eigenvalue weighted by Gasteiger charge is 2.14. The van der Waals surface area contributed by atoms with Crippen LogP contribution in [-0.2, 0) is 5.75 Å². The van der Waals surface area contributed by atoms with Gasteiger partial charge in [-0.2, -0.15) is 0 Å². The third kappa shape index (κ3) is 5.12. The molecule has 8 heteroatoms. The summed E-state index contributed by atoms with van der Waals surface area (Å²) in [4.78, 5) is 21.7. The molecule has 0 spiro atoms. The Morgan fingerprint density at radius 1 is 1.06 bits per heavy atom. The van der Waals surface area contributed by atoms with Crippen LogP contribution in [0, 0.1) is 0 Å². The number of furan rings is 1. The topological polar surface area (TPSA) is 103 Å². The van der Waals surface area contributed by atoms with E-state index >= 15 is 0 Å². The summed E-state index contributed by atoms with van der Waals surface area (Å²) in [5.74, 6) is 1.36. The average molecular weight is 483 g/mol. The lowest BCUT2D eigenvalue weighted by Gasteiger charge is -2.05. The molecule has 2 heterocycles. The van der Waals surface area contributed by atoms with Crippen molar-refractivity contribution in [3.8, 4) is 17.0 Å². The third-order valence-corrected chi connectivity index (χ3v) is 6.33. The predicted molar refractivity (Wildman–Crippen MR) is 139 cm³/mol. The molecule has 0 atom stereocenters. The zero-order chi connectivity index (χ0) is 24.2. The largest absolute Gasteiger partial charge is 0.497 e. The fraction of sp³-hybridized carbons (Fsp3) is 0.0741. The van der Waals surface area contributed by atoms with Crippen LogP contribution in [0.15, 0.2) is 94.6 Å². The molecule has 0 bridgehead atoms. The number of nitrogens with one attached hydrogen (secondary N) is 1. The van der Waals surface area contributed by atoms with E-state index in [1.807, 2.05) is 60.7 Å². The number of nitrogen functional groups attached to an aromatic ring is 1. The van der Waals surface area contributed by atoms with Gasteiger partial charge < -0.3 is 20.2 Å². The minimum Gasteiger partial charge on any atom is -0.497 e. The Hall–Kier alpha value is -4.30. The Morgan fingerprint density at radius 3 is 2.69 bits per heavy atom. The summed E-state index contributed by atoms with van der Waals surface area (Å²) in [7, 11) is 1.64. The Kier molecular flexibility index (Phi) is 6.36. The first-order valence-electron chi connectivity index (χ1n) is 10.9. The molecule has 7 nitrogen and oxygen atoms in total. The van der Waals surface area contributed by atoms with Crippen LogP contribution in [-0.4, -0.2) is 23.0 Å². The Morgan fingerprint density at radius 2 is 1.89 bits per heavy atom. The van der Waals surface area contributed by atoms with Crippen molar-refractivity contribution in [3.05, 3.63) is 96.4 Å². The van der Waals surface area contributed by atoms with Gasteiger partial charge in [-0.15, -0.1) is 0 Å². The number of carbonyl (C=O) groups is 1. The van der Waals surface area contributed by atoms with Crippen molar-refractivity contribution < 1.29 is 13.9 Å². The van der Waals surface area contributed by atoms with Gasteiger partial charge in [0.1, 0.15) is 11.3 Å². The summed E-state index contributed by atoms with van der Waals surface area (Å²) < 4.78 is 11.0. The number of aromatic nitrogens is 2. The van der Waals surface area contributed by atoms with Crippen molar-refractivity contribution in [1.29, 1.82) is 0 Å². The van der Waals surface area contributed by atoms with E-state index in [0.29, 0.717) is 27.9 Å². The van der Waals surface area contributed by atoms with Crippen LogP contribution in [0.5, 0.6) is 5.75 Å². The maximum absolute atomic E-state index is 12.6. The van der Waals surface area contributed by atoms with Gasteiger partial charge in [0.05, 0.1) is 24.2 Å². The number of nitrogens with zero attached hydrogens (tertiary/aromatic N) is 2. The molecule has 174 valence electrons. The molecular weight excluding hydrogens is 460 g/mol. The van der Waals surface area contributed by atoms with Crippen molar-refractivity contribution in [1.82, 2.24) is 9.97 Å². The highest BCUT2D eigenvalue weighted by Crippen LogP contribution is 2.27. The van der Waals surface area contributed by atoms with Gasteiger partial charge in [-0.1, -0.05) is 30.0 Å². The first-order valence-corrected chi connectivity index (χ1v) is 11.9. The highest BCUT2D eigenvalue weighted by molar-refractivity contribution is 7.98. The molecule has 3 aromatic carbocycles. The van der Waals surface area contributed by atoms with Gasteiger partial charge >= 0.3 is 0 Å². The molecule has 0 saturated heterocycles. The van der Waals surface area contributed by atoms with Gasteiger partial charge in [0.2, 0.25) is 0 Å². The molecule has 0 aliphatic heterocycles. The van der Waals surface area contributed by atoms with Gasteiger partial charge in [-0.3, -0.25) is 4.79 Å². The van der Waals surface area contributed by atoms with E-state index in [1.54, 1.807) is 43.3 Å². The summed E-state index contributed by atoms with van der Waals surface area (Å²) in [5.41, 5.74) is 10.5. The first kappa shape index (κ1) is 22.5. The zero-order valence-electron chi connectivity index (χ0n) is 18.9. The molecule has 0 saturated carbocycles. The molecule has 0 radical (unpaired) electrons. The van der Waals surface area contributed by atoms with E-state index in [2.05, 4.69) is 15.3 Å². The number of benzene rings is 3. The van der Waals surface area contributed by atoms with Crippen molar-refractivity contribution in [2.75, 3.05) is 18.2 Å². The molecule has 1 amide bonds. The standard InChI is InChI=1S/C27H22N4O3S/c1-33-20-9-7-18(8-10-20)22-12-13-29-27(31-22)35-16-17-6-11-24-19(14-17)15-25(34-24)26(32)30-23-5-3-2-4-21(23)28/h2-15H,16,28H2,1H3,(H,30,32). The van der Waals surface area contributed by atoms with Crippen LogP contribution in [0.25, 0.3) is 22.2 Å². The summed E-state index contributed by atoms with van der Waals surface area (Å²) >= 11 is 1.54. The fourth-order valence-electron chi connectivity index (χ4n) is 3.57. The van der Waals surface area contributed by atoms with Crippen LogP contribution < -0.4 is 15.8 Å². The molecule has 2 aromatic heterocycles. The molecule has 5 aromatic rings. The number of rotatable bonds is 7. The molecule has 5 rings (SSSR count). The number of carbonyl (C=O) groups excluding carboxylic acids is 1. The zero-order valence-corrected chi connectivity index (χ0v) is 19.7. The SMILES string of the molecule is COc1ccc(-c2ccnc(SCc3ccc4oc(C(=O)Nc5ccccc5N)cc4c3)n2)cc1. The van der Waals surface area contributed by atoms with Crippen molar-refractivity contribution in [3.63, 3.8) is 0 Å². The molecule has 0 fully saturated rings. The van der Waals surface area contributed by atoms with E-state index in [0.717, 1.165) is 28.0 Å². The molecule has 0 unspecified atom stereocenters. The van der Waals surface area contributed by atoms with E-state index in [4.69, 9.17) is 14.9 Å². The van der Waals surface area contributed by atoms with Gasteiger partial charge in [0, 0.05) is 22.9 Å². The summed E-state index contributed by atoms with van der Waals surface area (Å²) in [6.45, 7) is 0. The van der Waals surface area contributed by atoms with Gasteiger partial charge in [-0.25, -0.2) is 9.97 Å². The normalized spacial score (nSPS) is 10.9. The van der Waals surface area contributed by atoms with Gasteiger partial charge in [0.15, 0.2) is 10.9 Å². The number of nitrogens with two attached hydrogens (primary N) is 1. The summed E-state index contributed by atoms with van der Waals surface area (Å²) in [6.07, 6.45) is 1.76. The molecule has 35 heavy (non-hydrogen) atoms. The van der Waals surface area contributed by atoms with E-state index in [-0.39, 0.29) is 11.7 Å². The number of methoxy groups -OCH3 is 1. The van der Waals surface area contributed by atoms with Crippen molar-refractivity contribution >= 4 is 40.0 Å². The van der Waals surface area contributed by atoms with Crippen molar-refractivity contribution in [2.45, 2.75) is 10.9 Å². The molecular formula is C27H22N4O3S. The number of thioether (sulfide) groups is 1. The Bertz CT molecular complexity index is 1500. The fourth-order valence-corrected chi connectivity index (χ4v) is 4.34. The second-order valence-corrected chi connectivity index (χ2v) is 8.71. The molecule has 0 aliphatic carbocycles. The smallest absolute Gasteiger partial charge is 0.291 e. The van der Waals surface area contributed by atoms with E-state index < -0.39 is 0 Å². The molecule has 3 N–H and O–H groups in total. The number of ether oxygens (including phenoxy) is 1. The maximum atomic E-state index is 12.6. The quantitative estimate of drug-likeness (QED) is 0.166. The van der Waals surface area contributed by atoms with Gasteiger partial charge in [0.25, 0.3) is 5.91 Å². The highest BCUT2D eigenvalue weighted by atomic mass is 32.2. The Labute approximate surface area is 206 Å². The number of amides is 1. The molecule has 0 aliphatic rings. The number of para-hydroxylation sites is 2. The van der Waals surface area contributed by atoms with Crippen LogP contribution in [0.1, 0.15) is 16.1 Å². The van der Waals surface area contributed by atoms with E-state index in [1.165, 1.54) is 0 Å². The first-order chi connectivity index (χ1) is 17.1. The number of hydrogen-bond donors (Lipinski definition) is 2. The second-order valence-electron chi connectivity index (χ2n) is 7.77. The minimum absolute atomic E-state index is 0.226. The second kappa shape index (κ2) is 9.90.